The fraction of sp³-hybridized carbons (Fsp3) is 0.0769. The van der Waals surface area contributed by atoms with Crippen LogP contribution in [-0.4, -0.2) is 12.3 Å². The molecule has 0 spiro atoms. The average molecular weight is 434 g/mol. The van der Waals surface area contributed by atoms with E-state index in [0.29, 0.717) is 0 Å². The molecule has 0 aliphatic carbocycles. The van der Waals surface area contributed by atoms with Crippen LogP contribution in [0.25, 0.3) is 0 Å². The summed E-state index contributed by atoms with van der Waals surface area (Å²) in [5.41, 5.74) is 0. The molecule has 0 nitrogen and oxygen atoms in total. The number of hydrogen-bond donors (Lipinski definition) is 0. The first-order valence-electron chi connectivity index (χ1n) is 9.87. The smallest absolute Gasteiger partial charge is 0.123 e. The molecule has 0 aliphatic heterocycles. The van der Waals surface area contributed by atoms with Crippen LogP contribution in [0, 0.1) is 11.6 Å². The second-order valence-corrected chi connectivity index (χ2v) is 11.6. The minimum absolute atomic E-state index is 0.233. The highest BCUT2D eigenvalue weighted by atomic mass is 31.1. The van der Waals surface area contributed by atoms with Crippen LogP contribution >= 0.6 is 15.8 Å². The van der Waals surface area contributed by atoms with E-state index in [1.807, 2.05) is 36.4 Å². The van der Waals surface area contributed by atoms with Crippen LogP contribution in [0.1, 0.15) is 0 Å². The SMILES string of the molecule is Fc1ccc(P(CCP(c2ccccc2)c2ccccc2)c2ccc(F)cc2)cc1. The van der Waals surface area contributed by atoms with E-state index in [-0.39, 0.29) is 11.6 Å². The molecule has 4 aromatic rings. The molecule has 30 heavy (non-hydrogen) atoms. The van der Waals surface area contributed by atoms with Crippen molar-refractivity contribution >= 4 is 37.1 Å². The Morgan fingerprint density at radius 1 is 0.400 bits per heavy atom. The maximum atomic E-state index is 13.5. The van der Waals surface area contributed by atoms with Gasteiger partial charge in [-0.1, -0.05) is 84.9 Å². The number of hydrogen-bond acceptors (Lipinski definition) is 0. The molecule has 0 amide bonds. The third kappa shape index (κ3) is 5.20. The van der Waals surface area contributed by atoms with Crippen LogP contribution in [0.3, 0.4) is 0 Å². The molecule has 0 bridgehead atoms. The van der Waals surface area contributed by atoms with E-state index in [2.05, 4.69) is 48.5 Å². The van der Waals surface area contributed by atoms with Gasteiger partial charge in [-0.2, -0.15) is 0 Å². The zero-order valence-corrected chi connectivity index (χ0v) is 18.2. The molecule has 150 valence electrons. The molecule has 0 fully saturated rings. The molecule has 4 aromatic carbocycles. The van der Waals surface area contributed by atoms with Gasteiger partial charge in [-0.3, -0.25) is 0 Å². The van der Waals surface area contributed by atoms with Crippen molar-refractivity contribution < 1.29 is 8.78 Å². The monoisotopic (exact) mass is 434 g/mol. The number of benzene rings is 4. The van der Waals surface area contributed by atoms with E-state index in [1.54, 1.807) is 0 Å². The Labute approximate surface area is 179 Å². The first-order valence-corrected chi connectivity index (χ1v) is 12.9. The molecular weight excluding hydrogens is 412 g/mol. The maximum absolute atomic E-state index is 13.5. The minimum Gasteiger partial charge on any atom is -0.207 e. The normalized spacial score (nSPS) is 11.2. The van der Waals surface area contributed by atoms with Gasteiger partial charge >= 0.3 is 0 Å². The van der Waals surface area contributed by atoms with Crippen molar-refractivity contribution in [3.8, 4) is 0 Å². The molecule has 0 unspecified atom stereocenters. The molecule has 0 atom stereocenters. The summed E-state index contributed by atoms with van der Waals surface area (Å²) in [7, 11) is -1.21. The van der Waals surface area contributed by atoms with E-state index < -0.39 is 15.8 Å². The van der Waals surface area contributed by atoms with Crippen LogP contribution in [-0.2, 0) is 0 Å². The summed E-state index contributed by atoms with van der Waals surface area (Å²) >= 11 is 0. The van der Waals surface area contributed by atoms with E-state index in [1.165, 1.54) is 34.9 Å². The highest BCUT2D eigenvalue weighted by molar-refractivity contribution is 7.76. The lowest BCUT2D eigenvalue weighted by atomic mass is 10.3. The second-order valence-electron chi connectivity index (χ2n) is 6.93. The summed E-state index contributed by atoms with van der Waals surface area (Å²) in [6.07, 6.45) is 1.98. The van der Waals surface area contributed by atoms with Gasteiger partial charge in [0, 0.05) is 0 Å². The number of rotatable bonds is 7. The maximum Gasteiger partial charge on any atom is 0.123 e. The second kappa shape index (κ2) is 10.1. The van der Waals surface area contributed by atoms with E-state index >= 15 is 0 Å². The Hall–Kier alpha value is -2.40. The summed E-state index contributed by atoms with van der Waals surface area (Å²) in [6.45, 7) is 0. The molecule has 0 radical (unpaired) electrons. The summed E-state index contributed by atoms with van der Waals surface area (Å²) < 4.78 is 27.0. The van der Waals surface area contributed by atoms with Crippen molar-refractivity contribution in [1.29, 1.82) is 0 Å². The van der Waals surface area contributed by atoms with Gasteiger partial charge in [0.05, 0.1) is 0 Å². The summed E-state index contributed by atoms with van der Waals surface area (Å²) in [5, 5.41) is 4.95. The van der Waals surface area contributed by atoms with Crippen LogP contribution < -0.4 is 21.2 Å². The molecule has 0 heterocycles. The van der Waals surface area contributed by atoms with Gasteiger partial charge in [0.15, 0.2) is 0 Å². The summed E-state index contributed by atoms with van der Waals surface area (Å²) in [4.78, 5) is 0. The van der Waals surface area contributed by atoms with Crippen molar-refractivity contribution in [3.05, 3.63) is 121 Å². The van der Waals surface area contributed by atoms with Gasteiger partial charge in [0.1, 0.15) is 11.6 Å². The van der Waals surface area contributed by atoms with Crippen LogP contribution in [0.15, 0.2) is 109 Å². The molecule has 0 saturated carbocycles. The van der Waals surface area contributed by atoms with Crippen LogP contribution in [0.2, 0.25) is 0 Å². The Kier molecular flexibility index (Phi) is 7.00. The molecule has 0 N–H and O–H groups in total. The van der Waals surface area contributed by atoms with Crippen LogP contribution in [0.5, 0.6) is 0 Å². The molecule has 0 aliphatic rings. The molecular formula is C26H22F2P2. The van der Waals surface area contributed by atoms with Crippen molar-refractivity contribution in [2.24, 2.45) is 0 Å². The zero-order chi connectivity index (χ0) is 20.8. The lowest BCUT2D eigenvalue weighted by molar-refractivity contribution is 0.628. The molecule has 4 rings (SSSR count). The van der Waals surface area contributed by atoms with Crippen molar-refractivity contribution in [1.82, 2.24) is 0 Å². The quantitative estimate of drug-likeness (QED) is 0.336. The molecule has 0 aromatic heterocycles. The summed E-state index contributed by atoms with van der Waals surface area (Å²) in [6, 6.07) is 34.9. The number of halogens is 2. The average Bonchev–Trinajstić information content (AvgIpc) is 2.80. The third-order valence-electron chi connectivity index (χ3n) is 4.96. The largest absolute Gasteiger partial charge is 0.207 e. The van der Waals surface area contributed by atoms with E-state index in [0.717, 1.165) is 22.9 Å². The van der Waals surface area contributed by atoms with Crippen molar-refractivity contribution in [2.45, 2.75) is 0 Å². The van der Waals surface area contributed by atoms with Crippen molar-refractivity contribution in [3.63, 3.8) is 0 Å². The standard InChI is InChI=1S/C26H22F2P2/c27-21-11-15-25(16-12-21)30(26-17-13-22(28)14-18-26)20-19-29(23-7-3-1-4-8-23)24-9-5-2-6-10-24/h1-18H,19-20H2. The first kappa shape index (κ1) is 20.9. The Morgan fingerprint density at radius 3 is 1.03 bits per heavy atom. The predicted octanol–water partition coefficient (Wildman–Crippen LogP) is 5.53. The zero-order valence-electron chi connectivity index (χ0n) is 16.5. The predicted molar refractivity (Wildman–Crippen MR) is 128 cm³/mol. The highest BCUT2D eigenvalue weighted by Crippen LogP contribution is 2.41. The fourth-order valence-corrected chi connectivity index (χ4v) is 8.78. The Bertz CT molecular complexity index is 965. The van der Waals surface area contributed by atoms with Gasteiger partial charge in [0.25, 0.3) is 0 Å². The van der Waals surface area contributed by atoms with Gasteiger partial charge in [-0.05, 0) is 73.7 Å². The van der Waals surface area contributed by atoms with Gasteiger partial charge < -0.3 is 0 Å². The van der Waals surface area contributed by atoms with Crippen molar-refractivity contribution in [2.75, 3.05) is 12.3 Å². The molecule has 4 heteroatoms. The minimum atomic E-state index is -0.706. The highest BCUT2D eigenvalue weighted by Gasteiger charge is 2.19. The van der Waals surface area contributed by atoms with E-state index in [9.17, 15) is 8.78 Å². The third-order valence-corrected chi connectivity index (χ3v) is 10.3. The van der Waals surface area contributed by atoms with Crippen LogP contribution in [0.4, 0.5) is 8.78 Å². The first-order chi connectivity index (χ1) is 14.7. The van der Waals surface area contributed by atoms with Gasteiger partial charge in [0.2, 0.25) is 0 Å². The lowest BCUT2D eigenvalue weighted by Crippen LogP contribution is -2.20. The molecule has 0 saturated heterocycles. The Balaban J connectivity index is 1.65. The fourth-order valence-electron chi connectivity index (χ4n) is 3.47. The van der Waals surface area contributed by atoms with Gasteiger partial charge in [-0.15, -0.1) is 0 Å². The summed E-state index contributed by atoms with van der Waals surface area (Å²) in [5.74, 6) is -0.466. The van der Waals surface area contributed by atoms with E-state index in [4.69, 9.17) is 0 Å². The lowest BCUT2D eigenvalue weighted by Gasteiger charge is -2.24. The van der Waals surface area contributed by atoms with Gasteiger partial charge in [-0.25, -0.2) is 8.78 Å². The Morgan fingerprint density at radius 2 is 0.700 bits per heavy atom. The topological polar surface area (TPSA) is 0 Å².